The molecule has 0 aliphatic carbocycles. The van der Waals surface area contributed by atoms with Crippen molar-refractivity contribution >= 4 is 7.32 Å². The first-order chi connectivity index (χ1) is 15.1. The Morgan fingerprint density at radius 3 is 0.765 bits per heavy atom. The smallest absolute Gasteiger partial charge is 0.383 e. The van der Waals surface area contributed by atoms with E-state index >= 15 is 0 Å². The van der Waals surface area contributed by atoms with Gasteiger partial charge in [0.2, 0.25) is 0 Å². The van der Waals surface area contributed by atoms with Crippen LogP contribution in [0.1, 0.15) is 122 Å². The lowest BCUT2D eigenvalue weighted by molar-refractivity contribution is -0.0571. The third-order valence-electron chi connectivity index (χ3n) is 7.37. The fraction of sp³-hybridized carbons (Fsp3) is 1.00. The number of nitrogens with one attached hydrogen (secondary N) is 3. The van der Waals surface area contributed by atoms with Crippen molar-refractivity contribution in [1.29, 1.82) is 0 Å². The number of rotatable bonds is 6. The first kappa shape index (κ1) is 28.4. The lowest BCUT2D eigenvalue weighted by Crippen LogP contribution is -2.62. The maximum absolute atomic E-state index is 6.72. The summed E-state index contributed by atoms with van der Waals surface area (Å²) in [6.07, 6.45) is 5.87. The molecule has 0 aromatic heterocycles. The molecule has 0 aromatic rings. The highest BCUT2D eigenvalue weighted by Gasteiger charge is 2.46. The van der Waals surface area contributed by atoms with Crippen molar-refractivity contribution in [2.75, 3.05) is 0 Å². The average molecular weight is 480 g/mol. The predicted molar refractivity (Wildman–Crippen MR) is 142 cm³/mol. The van der Waals surface area contributed by atoms with Gasteiger partial charge in [-0.3, -0.25) is 0 Å². The van der Waals surface area contributed by atoms with Crippen LogP contribution in [0.5, 0.6) is 0 Å². The molecule has 0 bridgehead atoms. The van der Waals surface area contributed by atoms with Crippen LogP contribution in [0.2, 0.25) is 0 Å². The predicted octanol–water partition coefficient (Wildman–Crippen LogP) is 4.95. The van der Waals surface area contributed by atoms with Gasteiger partial charge in [-0.25, -0.2) is 0 Å². The van der Waals surface area contributed by atoms with Crippen LogP contribution in [0.25, 0.3) is 0 Å². The van der Waals surface area contributed by atoms with E-state index in [-0.39, 0.29) is 51.5 Å². The second-order valence-electron chi connectivity index (χ2n) is 15.5. The van der Waals surface area contributed by atoms with Crippen LogP contribution in [0.4, 0.5) is 0 Å². The summed E-state index contributed by atoms with van der Waals surface area (Å²) >= 11 is 0. The van der Waals surface area contributed by atoms with Gasteiger partial charge in [-0.15, -0.1) is 0 Å². The second kappa shape index (κ2) is 9.29. The number of piperidine rings is 3. The molecular weight excluding hydrogens is 425 g/mol. The summed E-state index contributed by atoms with van der Waals surface area (Å²) in [5.41, 5.74) is 0.0503. The van der Waals surface area contributed by atoms with Gasteiger partial charge in [0.05, 0.1) is 0 Å². The van der Waals surface area contributed by atoms with E-state index in [0.29, 0.717) is 0 Å². The zero-order chi connectivity index (χ0) is 25.8. The summed E-state index contributed by atoms with van der Waals surface area (Å²) in [6, 6.07) is 0. The molecule has 0 spiro atoms. The van der Waals surface area contributed by atoms with E-state index in [0.717, 1.165) is 38.5 Å². The molecule has 34 heavy (non-hydrogen) atoms. The van der Waals surface area contributed by atoms with Gasteiger partial charge in [0, 0.05) is 51.5 Å². The van der Waals surface area contributed by atoms with E-state index in [2.05, 4.69) is 99.0 Å². The highest BCUT2D eigenvalue weighted by atomic mass is 16.7. The third kappa shape index (κ3) is 8.45. The molecule has 3 saturated heterocycles. The molecule has 0 aromatic carbocycles. The Labute approximate surface area is 210 Å². The van der Waals surface area contributed by atoms with Crippen molar-refractivity contribution in [1.82, 2.24) is 16.0 Å². The molecule has 3 aliphatic heterocycles. The van der Waals surface area contributed by atoms with Gasteiger partial charge >= 0.3 is 7.32 Å². The van der Waals surface area contributed by atoms with Crippen molar-refractivity contribution in [3.8, 4) is 0 Å². The molecular formula is C27H54BN3O3. The van der Waals surface area contributed by atoms with E-state index in [1.165, 1.54) is 0 Å². The summed E-state index contributed by atoms with van der Waals surface area (Å²) in [5, 5.41) is 11.3. The van der Waals surface area contributed by atoms with Crippen LogP contribution in [0.3, 0.4) is 0 Å². The number of hydrogen-bond acceptors (Lipinski definition) is 6. The molecule has 7 heteroatoms. The normalized spacial score (nSPS) is 30.7. The molecule has 0 amide bonds. The fourth-order valence-corrected chi connectivity index (χ4v) is 7.54. The van der Waals surface area contributed by atoms with Gasteiger partial charge in [0.25, 0.3) is 0 Å². The quantitative estimate of drug-likeness (QED) is 0.469. The monoisotopic (exact) mass is 479 g/mol. The highest BCUT2D eigenvalue weighted by Crippen LogP contribution is 2.35. The van der Waals surface area contributed by atoms with Gasteiger partial charge in [-0.05, 0) is 122 Å². The summed E-state index contributed by atoms with van der Waals surface area (Å²) in [4.78, 5) is 0. The Morgan fingerprint density at radius 2 is 0.588 bits per heavy atom. The number of hydrogen-bond donors (Lipinski definition) is 3. The minimum absolute atomic E-state index is 0.00838. The lowest BCUT2D eigenvalue weighted by atomic mass is 9.79. The van der Waals surface area contributed by atoms with Gasteiger partial charge in [0.15, 0.2) is 0 Å². The molecule has 0 saturated carbocycles. The van der Waals surface area contributed by atoms with Crippen LogP contribution >= 0.6 is 0 Å². The molecule has 0 atom stereocenters. The molecule has 3 N–H and O–H groups in total. The van der Waals surface area contributed by atoms with E-state index in [4.69, 9.17) is 14.0 Å². The Morgan fingerprint density at radius 1 is 0.412 bits per heavy atom. The molecule has 3 fully saturated rings. The standard InChI is InChI=1S/C27H54BN3O3/c1-22(2)13-19(14-23(3,4)29-22)32-28(33-20-15-24(5,6)30-25(7,8)16-20)34-21-17-26(9,10)31-27(11,12)18-21/h19-21,29-31H,13-18H2,1-12H3. The average Bonchev–Trinajstić information content (AvgIpc) is 2.44. The van der Waals surface area contributed by atoms with E-state index < -0.39 is 7.32 Å². The molecule has 6 nitrogen and oxygen atoms in total. The van der Waals surface area contributed by atoms with Crippen LogP contribution < -0.4 is 16.0 Å². The van der Waals surface area contributed by atoms with E-state index in [9.17, 15) is 0 Å². The van der Waals surface area contributed by atoms with Crippen LogP contribution in [0.15, 0.2) is 0 Å². The summed E-state index contributed by atoms with van der Waals surface area (Å²) in [6.45, 7) is 27.1. The maximum Gasteiger partial charge on any atom is 0.640 e. The minimum atomic E-state index is -0.654. The first-order valence-corrected chi connectivity index (χ1v) is 13.5. The van der Waals surface area contributed by atoms with Crippen LogP contribution in [0, 0.1) is 0 Å². The van der Waals surface area contributed by atoms with Crippen molar-refractivity contribution in [2.45, 2.75) is 173 Å². The van der Waals surface area contributed by atoms with Crippen molar-refractivity contribution in [2.24, 2.45) is 0 Å². The molecule has 3 rings (SSSR count). The van der Waals surface area contributed by atoms with Gasteiger partial charge in [-0.2, -0.15) is 0 Å². The zero-order valence-electron chi connectivity index (χ0n) is 24.3. The Kier molecular flexibility index (Phi) is 7.76. The molecule has 198 valence electrons. The Bertz CT molecular complexity index is 577. The lowest BCUT2D eigenvalue weighted by Gasteiger charge is -2.49. The van der Waals surface area contributed by atoms with Gasteiger partial charge in [0.1, 0.15) is 0 Å². The van der Waals surface area contributed by atoms with Gasteiger partial charge in [-0.1, -0.05) is 0 Å². The van der Waals surface area contributed by atoms with Crippen LogP contribution in [-0.2, 0) is 14.0 Å². The Balaban J connectivity index is 1.78. The summed E-state index contributed by atoms with van der Waals surface area (Å²) in [5.74, 6) is 0. The zero-order valence-corrected chi connectivity index (χ0v) is 24.3. The van der Waals surface area contributed by atoms with Gasteiger partial charge < -0.3 is 29.9 Å². The minimum Gasteiger partial charge on any atom is -0.383 e. The van der Waals surface area contributed by atoms with Crippen molar-refractivity contribution in [3.63, 3.8) is 0 Å². The molecule has 0 unspecified atom stereocenters. The topological polar surface area (TPSA) is 63.8 Å². The first-order valence-electron chi connectivity index (χ1n) is 13.5. The maximum atomic E-state index is 6.72. The second-order valence-corrected chi connectivity index (χ2v) is 15.5. The third-order valence-corrected chi connectivity index (χ3v) is 7.37. The van der Waals surface area contributed by atoms with Crippen LogP contribution in [-0.4, -0.2) is 58.9 Å². The summed E-state index contributed by atoms with van der Waals surface area (Å²) in [7, 11) is -0.654. The SMILES string of the molecule is CC1(C)CC(OB(OC2CC(C)(C)NC(C)(C)C2)OC2CC(C)(C)NC(C)(C)C2)CC(C)(C)N1. The largest absolute Gasteiger partial charge is 0.640 e. The highest BCUT2D eigenvalue weighted by molar-refractivity contribution is 6.36. The summed E-state index contributed by atoms with van der Waals surface area (Å²) < 4.78 is 20.1. The Hall–Kier alpha value is -0.175. The van der Waals surface area contributed by atoms with Crippen molar-refractivity contribution < 1.29 is 14.0 Å². The molecule has 3 aliphatic rings. The van der Waals surface area contributed by atoms with E-state index in [1.54, 1.807) is 0 Å². The molecule has 3 heterocycles. The fourth-order valence-electron chi connectivity index (χ4n) is 7.54. The van der Waals surface area contributed by atoms with Crippen molar-refractivity contribution in [3.05, 3.63) is 0 Å². The van der Waals surface area contributed by atoms with E-state index in [1.807, 2.05) is 0 Å². The molecule has 0 radical (unpaired) electrons.